The lowest BCUT2D eigenvalue weighted by Gasteiger charge is -2.39. The third kappa shape index (κ3) is 2.79. The lowest BCUT2D eigenvalue weighted by atomic mass is 9.84. The molecule has 0 radical (unpaired) electrons. The van der Waals surface area contributed by atoms with E-state index in [-0.39, 0.29) is 0 Å². The molecule has 0 atom stereocenters. The number of piperidine rings is 1. The van der Waals surface area contributed by atoms with Crippen molar-refractivity contribution in [2.75, 3.05) is 25.1 Å². The maximum Gasteiger partial charge on any atom is 0.171 e. The van der Waals surface area contributed by atoms with Crippen molar-refractivity contribution in [3.8, 4) is 5.75 Å². The summed E-state index contributed by atoms with van der Waals surface area (Å²) >= 11 is 0. The van der Waals surface area contributed by atoms with E-state index in [1.54, 1.807) is 7.11 Å². The van der Waals surface area contributed by atoms with Gasteiger partial charge in [-0.15, -0.1) is 0 Å². The lowest BCUT2D eigenvalue weighted by Crippen LogP contribution is -2.43. The highest BCUT2D eigenvalue weighted by Crippen LogP contribution is 2.36. The summed E-state index contributed by atoms with van der Waals surface area (Å²) in [5.74, 6) is 1.66. The summed E-state index contributed by atoms with van der Waals surface area (Å²) in [6.07, 6.45) is 1.38. The molecule has 1 fully saturated rings. The molecule has 0 bridgehead atoms. The van der Waals surface area contributed by atoms with E-state index in [0.29, 0.717) is 12.8 Å². The standard InChI is InChI=1S/C18H22N2O2/c1-14-8-9-16(22-2)17(19-14)20-12-10-18(21,11-13-20)15-6-4-3-5-7-15/h3-9,21H,10-13H2,1-2H3. The van der Waals surface area contributed by atoms with Gasteiger partial charge in [-0.1, -0.05) is 30.3 Å². The van der Waals surface area contributed by atoms with E-state index < -0.39 is 5.60 Å². The minimum atomic E-state index is -0.741. The topological polar surface area (TPSA) is 45.6 Å². The fraction of sp³-hybridized carbons (Fsp3) is 0.389. The first kappa shape index (κ1) is 14.9. The molecular weight excluding hydrogens is 276 g/mol. The van der Waals surface area contributed by atoms with Crippen molar-refractivity contribution >= 4 is 5.82 Å². The molecule has 4 heteroatoms. The molecule has 116 valence electrons. The van der Waals surface area contributed by atoms with Gasteiger partial charge in [-0.05, 0) is 37.5 Å². The molecule has 0 amide bonds. The smallest absolute Gasteiger partial charge is 0.171 e. The zero-order valence-corrected chi connectivity index (χ0v) is 13.1. The van der Waals surface area contributed by atoms with Crippen LogP contribution >= 0.6 is 0 Å². The third-order valence-electron chi connectivity index (χ3n) is 4.40. The highest BCUT2D eigenvalue weighted by molar-refractivity contribution is 5.53. The van der Waals surface area contributed by atoms with Crippen molar-refractivity contribution in [1.29, 1.82) is 0 Å². The second-order valence-electron chi connectivity index (χ2n) is 5.86. The van der Waals surface area contributed by atoms with Crippen LogP contribution < -0.4 is 9.64 Å². The largest absolute Gasteiger partial charge is 0.493 e. The second kappa shape index (κ2) is 5.97. The molecular formula is C18H22N2O2. The van der Waals surface area contributed by atoms with Crippen LogP contribution in [0.25, 0.3) is 0 Å². The van der Waals surface area contributed by atoms with Crippen LogP contribution in [0.5, 0.6) is 5.75 Å². The van der Waals surface area contributed by atoms with Crippen molar-refractivity contribution in [2.24, 2.45) is 0 Å². The number of aromatic nitrogens is 1. The predicted molar refractivity (Wildman–Crippen MR) is 87.3 cm³/mol. The average Bonchev–Trinajstić information content (AvgIpc) is 2.56. The van der Waals surface area contributed by atoms with Gasteiger partial charge < -0.3 is 14.7 Å². The average molecular weight is 298 g/mol. The van der Waals surface area contributed by atoms with Gasteiger partial charge in [-0.25, -0.2) is 4.98 Å². The fourth-order valence-electron chi connectivity index (χ4n) is 3.04. The molecule has 4 nitrogen and oxygen atoms in total. The van der Waals surface area contributed by atoms with Crippen LogP contribution in [-0.4, -0.2) is 30.3 Å². The van der Waals surface area contributed by atoms with Crippen molar-refractivity contribution in [3.63, 3.8) is 0 Å². The summed E-state index contributed by atoms with van der Waals surface area (Å²) in [5, 5.41) is 10.9. The first-order valence-electron chi connectivity index (χ1n) is 7.67. The monoisotopic (exact) mass is 298 g/mol. The first-order valence-corrected chi connectivity index (χ1v) is 7.67. The van der Waals surface area contributed by atoms with E-state index in [1.165, 1.54) is 0 Å². The van der Waals surface area contributed by atoms with Crippen LogP contribution in [0, 0.1) is 6.92 Å². The molecule has 1 aliphatic heterocycles. The van der Waals surface area contributed by atoms with E-state index in [4.69, 9.17) is 4.74 Å². The van der Waals surface area contributed by atoms with Crippen molar-refractivity contribution < 1.29 is 9.84 Å². The summed E-state index contributed by atoms with van der Waals surface area (Å²) in [4.78, 5) is 6.81. The van der Waals surface area contributed by atoms with Crippen molar-refractivity contribution in [1.82, 2.24) is 4.98 Å². The zero-order chi connectivity index (χ0) is 15.6. The number of nitrogens with zero attached hydrogens (tertiary/aromatic N) is 2. The number of ether oxygens (including phenoxy) is 1. The number of methoxy groups -OCH3 is 1. The SMILES string of the molecule is COc1ccc(C)nc1N1CCC(O)(c2ccccc2)CC1. The van der Waals surface area contributed by atoms with E-state index in [9.17, 15) is 5.11 Å². The number of pyridine rings is 1. The molecule has 1 aromatic heterocycles. The molecule has 0 aliphatic carbocycles. The summed E-state index contributed by atoms with van der Waals surface area (Å²) in [7, 11) is 1.67. The second-order valence-corrected chi connectivity index (χ2v) is 5.86. The van der Waals surface area contributed by atoms with Crippen LogP contribution in [0.1, 0.15) is 24.1 Å². The number of aliphatic hydroxyl groups is 1. The lowest BCUT2D eigenvalue weighted by molar-refractivity contribution is 0.0116. The molecule has 1 N–H and O–H groups in total. The predicted octanol–water partition coefficient (Wildman–Crippen LogP) is 2.89. The van der Waals surface area contributed by atoms with Gasteiger partial charge in [-0.3, -0.25) is 0 Å². The maximum absolute atomic E-state index is 10.9. The molecule has 22 heavy (non-hydrogen) atoms. The molecule has 3 rings (SSSR count). The van der Waals surface area contributed by atoms with E-state index in [1.807, 2.05) is 49.4 Å². The Bertz CT molecular complexity index is 635. The molecule has 0 saturated carbocycles. The van der Waals surface area contributed by atoms with Gasteiger partial charge in [-0.2, -0.15) is 0 Å². The van der Waals surface area contributed by atoms with Gasteiger partial charge in [0.05, 0.1) is 12.7 Å². The summed E-state index contributed by atoms with van der Waals surface area (Å²) < 4.78 is 5.42. The van der Waals surface area contributed by atoms with Crippen LogP contribution in [0.2, 0.25) is 0 Å². The van der Waals surface area contributed by atoms with Gasteiger partial charge in [0.25, 0.3) is 0 Å². The highest BCUT2D eigenvalue weighted by Gasteiger charge is 2.34. The number of aryl methyl sites for hydroxylation is 1. The van der Waals surface area contributed by atoms with Crippen LogP contribution in [0.3, 0.4) is 0 Å². The third-order valence-corrected chi connectivity index (χ3v) is 4.40. The van der Waals surface area contributed by atoms with E-state index in [0.717, 1.165) is 35.9 Å². The van der Waals surface area contributed by atoms with Crippen LogP contribution in [0.4, 0.5) is 5.82 Å². The first-order chi connectivity index (χ1) is 10.6. The van der Waals surface area contributed by atoms with Crippen LogP contribution in [-0.2, 0) is 5.60 Å². The Hall–Kier alpha value is -2.07. The van der Waals surface area contributed by atoms with E-state index >= 15 is 0 Å². The Kier molecular flexibility index (Phi) is 4.03. The Morgan fingerprint density at radius 1 is 1.09 bits per heavy atom. The van der Waals surface area contributed by atoms with Crippen molar-refractivity contribution in [3.05, 3.63) is 53.7 Å². The molecule has 2 aromatic rings. The summed E-state index contributed by atoms with van der Waals surface area (Å²) in [6.45, 7) is 3.50. The normalized spacial score (nSPS) is 17.3. The highest BCUT2D eigenvalue weighted by atomic mass is 16.5. The number of benzene rings is 1. The Morgan fingerprint density at radius 3 is 2.41 bits per heavy atom. The number of anilines is 1. The Morgan fingerprint density at radius 2 is 1.77 bits per heavy atom. The van der Waals surface area contributed by atoms with Crippen LogP contribution in [0.15, 0.2) is 42.5 Å². The fourth-order valence-corrected chi connectivity index (χ4v) is 3.04. The minimum Gasteiger partial charge on any atom is -0.493 e. The van der Waals surface area contributed by atoms with Gasteiger partial charge >= 0.3 is 0 Å². The summed E-state index contributed by atoms with van der Waals surface area (Å²) in [5.41, 5.74) is 1.23. The Labute approximate surface area is 131 Å². The maximum atomic E-state index is 10.9. The number of rotatable bonds is 3. The molecule has 0 spiro atoms. The minimum absolute atomic E-state index is 0.690. The van der Waals surface area contributed by atoms with Gasteiger partial charge in [0.15, 0.2) is 11.6 Å². The number of hydrogen-bond acceptors (Lipinski definition) is 4. The molecule has 1 saturated heterocycles. The molecule has 0 unspecified atom stereocenters. The van der Waals surface area contributed by atoms with Gasteiger partial charge in [0.2, 0.25) is 0 Å². The van der Waals surface area contributed by atoms with Gasteiger partial charge in [0, 0.05) is 18.8 Å². The van der Waals surface area contributed by atoms with Gasteiger partial charge in [0.1, 0.15) is 0 Å². The molecule has 1 aliphatic rings. The number of hydrogen-bond donors (Lipinski definition) is 1. The van der Waals surface area contributed by atoms with E-state index in [2.05, 4.69) is 9.88 Å². The Balaban J connectivity index is 1.79. The summed E-state index contributed by atoms with van der Waals surface area (Å²) in [6, 6.07) is 13.8. The zero-order valence-electron chi connectivity index (χ0n) is 13.1. The van der Waals surface area contributed by atoms with Crippen molar-refractivity contribution in [2.45, 2.75) is 25.4 Å². The molecule has 2 heterocycles. The quantitative estimate of drug-likeness (QED) is 0.946. The molecule has 1 aromatic carbocycles.